The molecule has 0 aromatic carbocycles. The lowest BCUT2D eigenvalue weighted by atomic mass is 9.99. The van der Waals surface area contributed by atoms with Crippen molar-refractivity contribution in [3.8, 4) is 0 Å². The van der Waals surface area contributed by atoms with Crippen molar-refractivity contribution >= 4 is 33.3 Å². The Kier molecular flexibility index (Phi) is 4.23. The summed E-state index contributed by atoms with van der Waals surface area (Å²) >= 11 is 1.60. The summed E-state index contributed by atoms with van der Waals surface area (Å²) in [6.07, 6.45) is 2.27. The van der Waals surface area contributed by atoms with Gasteiger partial charge in [-0.2, -0.15) is 0 Å². The van der Waals surface area contributed by atoms with Crippen LogP contribution >= 0.6 is 11.3 Å². The van der Waals surface area contributed by atoms with E-state index < -0.39 is 12.0 Å². The molecule has 2 atom stereocenters. The highest BCUT2D eigenvalue weighted by Crippen LogP contribution is 2.33. The number of hydrogen-bond acceptors (Lipinski definition) is 5. The van der Waals surface area contributed by atoms with Crippen LogP contribution in [0.3, 0.4) is 0 Å². The van der Waals surface area contributed by atoms with Gasteiger partial charge >= 0.3 is 5.97 Å². The molecule has 2 aromatic rings. The van der Waals surface area contributed by atoms with Crippen molar-refractivity contribution in [3.05, 3.63) is 16.8 Å². The van der Waals surface area contributed by atoms with Gasteiger partial charge in [0.25, 0.3) is 0 Å². The van der Waals surface area contributed by atoms with Gasteiger partial charge in [0.15, 0.2) is 0 Å². The topological polar surface area (TPSA) is 75.1 Å². The molecule has 0 aliphatic heterocycles. The Morgan fingerprint density at radius 3 is 2.75 bits per heavy atom. The minimum atomic E-state index is -0.851. The number of aromatic nitrogens is 2. The van der Waals surface area contributed by atoms with E-state index in [0.717, 1.165) is 22.2 Å². The minimum absolute atomic E-state index is 0.0255. The Labute approximate surface area is 122 Å². The van der Waals surface area contributed by atoms with Gasteiger partial charge < -0.3 is 10.4 Å². The molecule has 108 valence electrons. The molecule has 0 bridgehead atoms. The Bertz CT molecular complexity index is 639. The number of carbonyl (C=O) groups is 1. The molecule has 0 fully saturated rings. The van der Waals surface area contributed by atoms with Gasteiger partial charge in [-0.05, 0) is 25.3 Å². The maximum absolute atomic E-state index is 11.4. The van der Waals surface area contributed by atoms with Crippen molar-refractivity contribution in [2.75, 3.05) is 5.32 Å². The third-order valence-corrected chi connectivity index (χ3v) is 4.85. The van der Waals surface area contributed by atoms with Crippen LogP contribution in [0.25, 0.3) is 10.2 Å². The van der Waals surface area contributed by atoms with Crippen molar-refractivity contribution in [1.82, 2.24) is 9.97 Å². The van der Waals surface area contributed by atoms with Crippen LogP contribution in [-0.2, 0) is 4.79 Å². The lowest BCUT2D eigenvalue weighted by Gasteiger charge is -2.21. The summed E-state index contributed by atoms with van der Waals surface area (Å²) in [5.41, 5.74) is 1.11. The molecule has 0 aliphatic rings. The van der Waals surface area contributed by atoms with E-state index in [0.29, 0.717) is 5.82 Å². The highest BCUT2D eigenvalue weighted by molar-refractivity contribution is 7.18. The van der Waals surface area contributed by atoms with E-state index >= 15 is 0 Å². The Morgan fingerprint density at radius 2 is 2.15 bits per heavy atom. The molecule has 0 saturated heterocycles. The van der Waals surface area contributed by atoms with Gasteiger partial charge in [-0.15, -0.1) is 11.3 Å². The molecule has 20 heavy (non-hydrogen) atoms. The molecular weight excluding hydrogens is 274 g/mol. The van der Waals surface area contributed by atoms with Gasteiger partial charge in [0.2, 0.25) is 0 Å². The maximum atomic E-state index is 11.4. The zero-order valence-corrected chi connectivity index (χ0v) is 12.9. The number of aryl methyl sites for hydroxylation is 2. The standard InChI is InChI=1S/C14H19N3O2S/c1-5-7(2)11(14(18)19)17-12-10-8(3)9(4)20-13(10)16-6-15-12/h6-7,11H,5H2,1-4H3,(H,18,19)(H,15,16,17)/t7-,11-/m1/s1. The lowest BCUT2D eigenvalue weighted by Crippen LogP contribution is -2.35. The molecule has 0 spiro atoms. The maximum Gasteiger partial charge on any atom is 0.326 e. The van der Waals surface area contributed by atoms with Crippen molar-refractivity contribution in [3.63, 3.8) is 0 Å². The average Bonchev–Trinajstić information content (AvgIpc) is 2.71. The molecule has 2 aromatic heterocycles. The number of nitrogens with one attached hydrogen (secondary N) is 1. The van der Waals surface area contributed by atoms with E-state index in [4.69, 9.17) is 0 Å². The number of anilines is 1. The van der Waals surface area contributed by atoms with Crippen LogP contribution in [0.15, 0.2) is 6.33 Å². The number of nitrogens with zero attached hydrogens (tertiary/aromatic N) is 2. The molecule has 2 rings (SSSR count). The predicted molar refractivity (Wildman–Crippen MR) is 81.4 cm³/mol. The Balaban J connectivity index is 2.45. The fourth-order valence-corrected chi connectivity index (χ4v) is 3.12. The first-order valence-corrected chi connectivity index (χ1v) is 7.47. The lowest BCUT2D eigenvalue weighted by molar-refractivity contribution is -0.139. The third kappa shape index (κ3) is 2.60. The number of rotatable bonds is 5. The van der Waals surface area contributed by atoms with Crippen LogP contribution in [0.2, 0.25) is 0 Å². The Morgan fingerprint density at radius 1 is 1.45 bits per heavy atom. The number of thiophene rings is 1. The Hall–Kier alpha value is -1.69. The molecular formula is C14H19N3O2S. The van der Waals surface area contributed by atoms with Gasteiger partial charge in [0.1, 0.15) is 23.0 Å². The SMILES string of the molecule is CC[C@@H](C)[C@@H](Nc1ncnc2sc(C)c(C)c12)C(=O)O. The van der Waals surface area contributed by atoms with Gasteiger partial charge in [-0.25, -0.2) is 14.8 Å². The molecule has 0 aliphatic carbocycles. The summed E-state index contributed by atoms with van der Waals surface area (Å²) in [5, 5.41) is 13.4. The molecule has 5 nitrogen and oxygen atoms in total. The second-order valence-electron chi connectivity index (χ2n) is 5.03. The molecule has 0 unspecified atom stereocenters. The molecule has 0 radical (unpaired) electrons. The number of carboxylic acid groups (broad SMARTS) is 1. The van der Waals surface area contributed by atoms with Crippen LogP contribution in [0, 0.1) is 19.8 Å². The fourth-order valence-electron chi connectivity index (χ4n) is 2.12. The van der Waals surface area contributed by atoms with E-state index in [9.17, 15) is 9.90 Å². The normalized spacial score (nSPS) is 14.2. The zero-order chi connectivity index (χ0) is 14.9. The van der Waals surface area contributed by atoms with E-state index in [1.54, 1.807) is 11.3 Å². The van der Waals surface area contributed by atoms with E-state index in [2.05, 4.69) is 15.3 Å². The number of aliphatic carboxylic acids is 1. The number of carboxylic acids is 1. The van der Waals surface area contributed by atoms with Crippen LogP contribution in [-0.4, -0.2) is 27.1 Å². The van der Waals surface area contributed by atoms with Gasteiger partial charge in [-0.1, -0.05) is 20.3 Å². The molecule has 0 saturated carbocycles. The fraction of sp³-hybridized carbons (Fsp3) is 0.500. The van der Waals surface area contributed by atoms with Crippen molar-refractivity contribution in [2.45, 2.75) is 40.2 Å². The second-order valence-corrected chi connectivity index (χ2v) is 6.23. The van der Waals surface area contributed by atoms with Gasteiger partial charge in [0, 0.05) is 4.88 Å². The summed E-state index contributed by atoms with van der Waals surface area (Å²) in [6, 6.07) is -0.641. The van der Waals surface area contributed by atoms with Gasteiger partial charge in [0.05, 0.1) is 5.39 Å². The summed E-state index contributed by atoms with van der Waals surface area (Å²) in [4.78, 5) is 22.0. The first-order valence-electron chi connectivity index (χ1n) is 6.65. The summed E-state index contributed by atoms with van der Waals surface area (Å²) in [6.45, 7) is 7.96. The van der Waals surface area contributed by atoms with Crippen molar-refractivity contribution in [2.24, 2.45) is 5.92 Å². The van der Waals surface area contributed by atoms with Crippen LogP contribution in [0.4, 0.5) is 5.82 Å². The predicted octanol–water partition coefficient (Wildman–Crippen LogP) is 3.22. The summed E-state index contributed by atoms with van der Waals surface area (Å²) in [5.74, 6) is -0.210. The molecule has 0 amide bonds. The quantitative estimate of drug-likeness (QED) is 0.885. The second kappa shape index (κ2) is 5.75. The van der Waals surface area contributed by atoms with Crippen LogP contribution in [0.1, 0.15) is 30.7 Å². The summed E-state index contributed by atoms with van der Waals surface area (Å²) in [7, 11) is 0. The van der Waals surface area contributed by atoms with Crippen molar-refractivity contribution in [1.29, 1.82) is 0 Å². The molecule has 2 N–H and O–H groups in total. The van der Waals surface area contributed by atoms with Crippen LogP contribution in [0.5, 0.6) is 0 Å². The molecule has 6 heteroatoms. The summed E-state index contributed by atoms with van der Waals surface area (Å²) < 4.78 is 0. The zero-order valence-electron chi connectivity index (χ0n) is 12.1. The highest BCUT2D eigenvalue weighted by atomic mass is 32.1. The smallest absolute Gasteiger partial charge is 0.326 e. The van der Waals surface area contributed by atoms with E-state index in [1.807, 2.05) is 27.7 Å². The van der Waals surface area contributed by atoms with E-state index in [-0.39, 0.29) is 5.92 Å². The minimum Gasteiger partial charge on any atom is -0.480 e. The highest BCUT2D eigenvalue weighted by Gasteiger charge is 2.25. The third-order valence-electron chi connectivity index (χ3n) is 3.74. The van der Waals surface area contributed by atoms with E-state index in [1.165, 1.54) is 11.2 Å². The average molecular weight is 293 g/mol. The number of hydrogen-bond donors (Lipinski definition) is 2. The molecule has 2 heterocycles. The van der Waals surface area contributed by atoms with Crippen LogP contribution < -0.4 is 5.32 Å². The monoisotopic (exact) mass is 293 g/mol. The van der Waals surface area contributed by atoms with Gasteiger partial charge in [-0.3, -0.25) is 0 Å². The first kappa shape index (κ1) is 14.7. The largest absolute Gasteiger partial charge is 0.480 e. The first-order chi connectivity index (χ1) is 9.45. The number of fused-ring (bicyclic) bond motifs is 1. The van der Waals surface area contributed by atoms with Crippen molar-refractivity contribution < 1.29 is 9.90 Å².